The van der Waals surface area contributed by atoms with Crippen LogP contribution in [0.2, 0.25) is 0 Å². The Morgan fingerprint density at radius 3 is 2.50 bits per heavy atom. The molecule has 96 valence electrons. The Bertz CT molecular complexity index is 186. The SMILES string of the molecule is COCCCNC(=S)NC(C)CCC(C)C. The third-order valence-corrected chi connectivity index (χ3v) is 2.63. The summed E-state index contributed by atoms with van der Waals surface area (Å²) in [4.78, 5) is 0. The molecule has 0 aliphatic rings. The molecule has 0 saturated heterocycles. The van der Waals surface area contributed by atoms with Crippen molar-refractivity contribution in [3.8, 4) is 0 Å². The van der Waals surface area contributed by atoms with Gasteiger partial charge in [0.1, 0.15) is 0 Å². The minimum atomic E-state index is 0.449. The van der Waals surface area contributed by atoms with Crippen LogP contribution in [-0.2, 0) is 4.74 Å². The molecule has 0 amide bonds. The van der Waals surface area contributed by atoms with Crippen molar-refractivity contribution in [3.63, 3.8) is 0 Å². The van der Waals surface area contributed by atoms with E-state index >= 15 is 0 Å². The molecule has 0 aliphatic heterocycles. The minimum absolute atomic E-state index is 0.449. The third-order valence-electron chi connectivity index (χ3n) is 2.37. The van der Waals surface area contributed by atoms with Crippen LogP contribution in [0.25, 0.3) is 0 Å². The molecule has 0 aliphatic carbocycles. The van der Waals surface area contributed by atoms with Gasteiger partial charge in [0.2, 0.25) is 0 Å². The van der Waals surface area contributed by atoms with Crippen molar-refractivity contribution in [2.24, 2.45) is 5.92 Å². The van der Waals surface area contributed by atoms with Gasteiger partial charge in [-0.2, -0.15) is 0 Å². The molecule has 4 heteroatoms. The van der Waals surface area contributed by atoms with Gasteiger partial charge in [0.15, 0.2) is 5.11 Å². The predicted octanol–water partition coefficient (Wildman–Crippen LogP) is 2.31. The number of ether oxygens (including phenoxy) is 1. The van der Waals surface area contributed by atoms with Gasteiger partial charge in [-0.05, 0) is 44.3 Å². The fourth-order valence-electron chi connectivity index (χ4n) is 1.35. The zero-order chi connectivity index (χ0) is 12.4. The highest BCUT2D eigenvalue weighted by Crippen LogP contribution is 2.06. The van der Waals surface area contributed by atoms with Crippen molar-refractivity contribution >= 4 is 17.3 Å². The molecule has 0 aromatic heterocycles. The van der Waals surface area contributed by atoms with Gasteiger partial charge in [-0.15, -0.1) is 0 Å². The molecule has 0 fully saturated rings. The van der Waals surface area contributed by atoms with Crippen LogP contribution in [0.15, 0.2) is 0 Å². The summed E-state index contributed by atoms with van der Waals surface area (Å²) >= 11 is 5.20. The smallest absolute Gasteiger partial charge is 0.166 e. The van der Waals surface area contributed by atoms with Crippen LogP contribution in [0.1, 0.15) is 40.0 Å². The number of methoxy groups -OCH3 is 1. The van der Waals surface area contributed by atoms with E-state index in [0.29, 0.717) is 6.04 Å². The molecule has 0 saturated carbocycles. The van der Waals surface area contributed by atoms with Gasteiger partial charge >= 0.3 is 0 Å². The number of hydrogen-bond acceptors (Lipinski definition) is 2. The minimum Gasteiger partial charge on any atom is -0.385 e. The monoisotopic (exact) mass is 246 g/mol. The Labute approximate surface area is 105 Å². The summed E-state index contributed by atoms with van der Waals surface area (Å²) in [6, 6.07) is 0.449. The summed E-state index contributed by atoms with van der Waals surface area (Å²) < 4.78 is 4.97. The number of rotatable bonds is 8. The molecule has 16 heavy (non-hydrogen) atoms. The van der Waals surface area contributed by atoms with E-state index in [1.54, 1.807) is 7.11 Å². The van der Waals surface area contributed by atoms with E-state index in [4.69, 9.17) is 17.0 Å². The van der Waals surface area contributed by atoms with Gasteiger partial charge in [-0.25, -0.2) is 0 Å². The van der Waals surface area contributed by atoms with Crippen LogP contribution in [0.4, 0.5) is 0 Å². The van der Waals surface area contributed by atoms with Crippen LogP contribution >= 0.6 is 12.2 Å². The maximum absolute atomic E-state index is 5.20. The lowest BCUT2D eigenvalue weighted by Crippen LogP contribution is -2.41. The van der Waals surface area contributed by atoms with Crippen LogP contribution in [-0.4, -0.2) is 31.4 Å². The summed E-state index contributed by atoms with van der Waals surface area (Å²) in [5.74, 6) is 0.757. The molecular formula is C12H26N2OS. The standard InChI is InChI=1S/C12H26N2OS/c1-10(2)6-7-11(3)14-12(16)13-8-5-9-15-4/h10-11H,5-9H2,1-4H3,(H2,13,14,16). The van der Waals surface area contributed by atoms with E-state index in [2.05, 4.69) is 31.4 Å². The molecule has 1 atom stereocenters. The number of thiocarbonyl (C=S) groups is 1. The van der Waals surface area contributed by atoms with E-state index in [-0.39, 0.29) is 0 Å². The fraction of sp³-hybridized carbons (Fsp3) is 0.917. The molecule has 0 heterocycles. The number of nitrogens with one attached hydrogen (secondary N) is 2. The average molecular weight is 246 g/mol. The van der Waals surface area contributed by atoms with E-state index in [1.165, 1.54) is 6.42 Å². The molecule has 0 bridgehead atoms. The highest BCUT2D eigenvalue weighted by molar-refractivity contribution is 7.80. The van der Waals surface area contributed by atoms with Gasteiger partial charge in [0, 0.05) is 26.3 Å². The maximum Gasteiger partial charge on any atom is 0.166 e. The highest BCUT2D eigenvalue weighted by Gasteiger charge is 2.04. The second kappa shape index (κ2) is 9.85. The van der Waals surface area contributed by atoms with Gasteiger partial charge in [-0.1, -0.05) is 13.8 Å². The van der Waals surface area contributed by atoms with Crippen molar-refractivity contribution in [2.75, 3.05) is 20.3 Å². The van der Waals surface area contributed by atoms with Crippen molar-refractivity contribution in [2.45, 2.75) is 46.1 Å². The lowest BCUT2D eigenvalue weighted by Gasteiger charge is -2.17. The summed E-state index contributed by atoms with van der Waals surface area (Å²) in [5.41, 5.74) is 0. The van der Waals surface area contributed by atoms with E-state index in [1.807, 2.05) is 0 Å². The second-order valence-corrected chi connectivity index (χ2v) is 5.03. The Balaban J connectivity index is 3.46. The summed E-state index contributed by atoms with van der Waals surface area (Å²) in [7, 11) is 1.71. The first-order chi connectivity index (χ1) is 7.56. The van der Waals surface area contributed by atoms with E-state index < -0.39 is 0 Å². The topological polar surface area (TPSA) is 33.3 Å². The van der Waals surface area contributed by atoms with Crippen molar-refractivity contribution in [1.29, 1.82) is 0 Å². The highest BCUT2D eigenvalue weighted by atomic mass is 32.1. The summed E-state index contributed by atoms with van der Waals surface area (Å²) in [5, 5.41) is 7.22. The van der Waals surface area contributed by atoms with Crippen LogP contribution in [0, 0.1) is 5.92 Å². The predicted molar refractivity (Wildman–Crippen MR) is 73.8 cm³/mol. The first-order valence-electron chi connectivity index (χ1n) is 6.09. The Morgan fingerprint density at radius 2 is 1.94 bits per heavy atom. The zero-order valence-corrected chi connectivity index (χ0v) is 11.8. The number of hydrogen-bond donors (Lipinski definition) is 2. The van der Waals surface area contributed by atoms with Crippen molar-refractivity contribution in [3.05, 3.63) is 0 Å². The van der Waals surface area contributed by atoms with E-state index in [0.717, 1.165) is 37.0 Å². The van der Waals surface area contributed by atoms with Gasteiger partial charge in [-0.3, -0.25) is 0 Å². The zero-order valence-electron chi connectivity index (χ0n) is 11.0. The molecule has 0 aromatic carbocycles. The summed E-state index contributed by atoms with van der Waals surface area (Å²) in [6.45, 7) is 8.31. The molecule has 0 rings (SSSR count). The third kappa shape index (κ3) is 10.2. The molecule has 3 nitrogen and oxygen atoms in total. The maximum atomic E-state index is 5.20. The Morgan fingerprint density at radius 1 is 1.25 bits per heavy atom. The lowest BCUT2D eigenvalue weighted by atomic mass is 10.0. The molecule has 0 aromatic rings. The normalized spacial score (nSPS) is 12.6. The van der Waals surface area contributed by atoms with Crippen molar-refractivity contribution in [1.82, 2.24) is 10.6 Å². The molecule has 1 unspecified atom stereocenters. The summed E-state index contributed by atoms with van der Waals surface area (Å²) in [6.07, 6.45) is 3.39. The first-order valence-corrected chi connectivity index (χ1v) is 6.50. The van der Waals surface area contributed by atoms with E-state index in [9.17, 15) is 0 Å². The van der Waals surface area contributed by atoms with Gasteiger partial charge in [0.05, 0.1) is 0 Å². The first kappa shape index (κ1) is 15.7. The Hall–Kier alpha value is -0.350. The molecular weight excluding hydrogens is 220 g/mol. The quantitative estimate of drug-likeness (QED) is 0.509. The molecule has 0 spiro atoms. The van der Waals surface area contributed by atoms with Crippen molar-refractivity contribution < 1.29 is 4.74 Å². The Kier molecular flexibility index (Phi) is 9.63. The van der Waals surface area contributed by atoms with Crippen LogP contribution < -0.4 is 10.6 Å². The lowest BCUT2D eigenvalue weighted by molar-refractivity contribution is 0.195. The average Bonchev–Trinajstić information content (AvgIpc) is 2.21. The van der Waals surface area contributed by atoms with Crippen LogP contribution in [0.3, 0.4) is 0 Å². The molecule has 0 radical (unpaired) electrons. The second-order valence-electron chi connectivity index (χ2n) is 4.62. The van der Waals surface area contributed by atoms with Gasteiger partial charge in [0.25, 0.3) is 0 Å². The van der Waals surface area contributed by atoms with Gasteiger partial charge < -0.3 is 15.4 Å². The molecule has 2 N–H and O–H groups in total. The van der Waals surface area contributed by atoms with Crippen LogP contribution in [0.5, 0.6) is 0 Å². The largest absolute Gasteiger partial charge is 0.385 e. The fourth-order valence-corrected chi connectivity index (χ4v) is 1.65.